The van der Waals surface area contributed by atoms with Gasteiger partial charge >= 0.3 is 0 Å². The predicted molar refractivity (Wildman–Crippen MR) is 120 cm³/mol. The van der Waals surface area contributed by atoms with Crippen molar-refractivity contribution >= 4 is 11.6 Å². The van der Waals surface area contributed by atoms with Crippen LogP contribution < -0.4 is 4.90 Å². The Morgan fingerprint density at radius 1 is 1.00 bits per heavy atom. The maximum Gasteiger partial charge on any atom is 0.227 e. The highest BCUT2D eigenvalue weighted by molar-refractivity contribution is 5.97. The van der Waals surface area contributed by atoms with E-state index < -0.39 is 6.10 Å². The molecule has 0 spiro atoms. The minimum Gasteiger partial charge on any atom is -0.508 e. The molecule has 3 aromatic rings. The van der Waals surface area contributed by atoms with Gasteiger partial charge in [0.1, 0.15) is 17.3 Å². The van der Waals surface area contributed by atoms with Crippen LogP contribution in [-0.4, -0.2) is 21.2 Å². The van der Waals surface area contributed by atoms with Gasteiger partial charge in [0, 0.05) is 23.7 Å². The van der Waals surface area contributed by atoms with Crippen molar-refractivity contribution in [3.05, 3.63) is 89.7 Å². The number of para-hydroxylation sites is 1. The third-order valence-electron chi connectivity index (χ3n) is 6.10. The zero-order valence-corrected chi connectivity index (χ0v) is 17.6. The number of benzene rings is 3. The standard InChI is InChI=1S/C26H26FNO4/c27-19-11-9-17(10-12-19)23(30)8-4-5-18-15-25(32)28(20-6-2-1-3-7-20)26(18)22-14-13-21(29)16-24(22)31/h1-3,6-7,9-14,16,18,23,26,29-31H,4-5,8,15H2. The second-order valence-electron chi connectivity index (χ2n) is 8.25. The number of anilines is 1. The van der Waals surface area contributed by atoms with Crippen LogP contribution in [0.3, 0.4) is 0 Å². The number of hydrogen-bond acceptors (Lipinski definition) is 4. The second kappa shape index (κ2) is 9.40. The van der Waals surface area contributed by atoms with E-state index >= 15 is 0 Å². The molecular weight excluding hydrogens is 409 g/mol. The number of aromatic hydroxyl groups is 2. The number of hydrogen-bond donors (Lipinski definition) is 3. The lowest BCUT2D eigenvalue weighted by atomic mass is 9.88. The molecule has 32 heavy (non-hydrogen) atoms. The summed E-state index contributed by atoms with van der Waals surface area (Å²) in [6.45, 7) is 0. The number of aliphatic hydroxyl groups is 1. The van der Waals surface area contributed by atoms with Gasteiger partial charge in [-0.1, -0.05) is 36.8 Å². The first-order valence-corrected chi connectivity index (χ1v) is 10.8. The van der Waals surface area contributed by atoms with Gasteiger partial charge in [0.15, 0.2) is 0 Å². The van der Waals surface area contributed by atoms with Crippen LogP contribution in [0.25, 0.3) is 0 Å². The van der Waals surface area contributed by atoms with Gasteiger partial charge in [0.25, 0.3) is 0 Å². The molecule has 166 valence electrons. The number of halogens is 1. The SMILES string of the molecule is O=C1CC(CCCC(O)c2ccc(F)cc2)C(c2ccc(O)cc2O)N1c1ccccc1. The third kappa shape index (κ3) is 4.60. The Hall–Kier alpha value is -3.38. The summed E-state index contributed by atoms with van der Waals surface area (Å²) in [5.74, 6) is -0.540. The Morgan fingerprint density at radius 2 is 1.72 bits per heavy atom. The summed E-state index contributed by atoms with van der Waals surface area (Å²) in [4.78, 5) is 14.7. The zero-order valence-electron chi connectivity index (χ0n) is 17.6. The Labute approximate surface area is 186 Å². The van der Waals surface area contributed by atoms with Crippen molar-refractivity contribution in [2.45, 2.75) is 37.8 Å². The molecule has 1 saturated heterocycles. The summed E-state index contributed by atoms with van der Waals surface area (Å²) in [6, 6.07) is 19.2. The van der Waals surface area contributed by atoms with E-state index in [9.17, 15) is 24.5 Å². The van der Waals surface area contributed by atoms with Gasteiger partial charge < -0.3 is 20.2 Å². The normalized spacial score (nSPS) is 19.3. The fourth-order valence-electron chi connectivity index (χ4n) is 4.55. The van der Waals surface area contributed by atoms with E-state index in [1.165, 1.54) is 24.3 Å². The van der Waals surface area contributed by atoms with E-state index in [4.69, 9.17) is 0 Å². The lowest BCUT2D eigenvalue weighted by Crippen LogP contribution is -2.28. The molecule has 3 aromatic carbocycles. The van der Waals surface area contributed by atoms with Crippen molar-refractivity contribution in [2.75, 3.05) is 4.90 Å². The van der Waals surface area contributed by atoms with Crippen LogP contribution in [0.1, 0.15) is 49.0 Å². The summed E-state index contributed by atoms with van der Waals surface area (Å²) in [5.41, 5.74) is 2.00. The Kier molecular flexibility index (Phi) is 6.42. The van der Waals surface area contributed by atoms with Gasteiger partial charge in [0.2, 0.25) is 5.91 Å². The Morgan fingerprint density at radius 3 is 2.41 bits per heavy atom. The fourth-order valence-corrected chi connectivity index (χ4v) is 4.55. The number of carbonyl (C=O) groups excluding carboxylic acids is 1. The fraction of sp³-hybridized carbons (Fsp3) is 0.269. The van der Waals surface area contributed by atoms with E-state index in [1.54, 1.807) is 23.1 Å². The largest absolute Gasteiger partial charge is 0.508 e. The quantitative estimate of drug-likeness (QED) is 0.474. The molecule has 5 nitrogen and oxygen atoms in total. The van der Waals surface area contributed by atoms with E-state index in [1.807, 2.05) is 30.3 Å². The summed E-state index contributed by atoms with van der Waals surface area (Å²) >= 11 is 0. The minimum atomic E-state index is -0.710. The van der Waals surface area contributed by atoms with E-state index in [0.717, 1.165) is 5.69 Å². The average molecular weight is 435 g/mol. The van der Waals surface area contributed by atoms with Gasteiger partial charge in [-0.05, 0) is 60.7 Å². The summed E-state index contributed by atoms with van der Waals surface area (Å²) in [7, 11) is 0. The Bertz CT molecular complexity index is 1070. The lowest BCUT2D eigenvalue weighted by Gasteiger charge is -2.29. The van der Waals surface area contributed by atoms with Crippen LogP contribution in [0.4, 0.5) is 10.1 Å². The molecule has 1 aliphatic heterocycles. The van der Waals surface area contributed by atoms with E-state index in [0.29, 0.717) is 36.8 Å². The number of carbonyl (C=O) groups is 1. The number of phenolic OH excluding ortho intramolecular Hbond substituents is 2. The van der Waals surface area contributed by atoms with Crippen molar-refractivity contribution in [1.29, 1.82) is 0 Å². The number of nitrogens with zero attached hydrogens (tertiary/aromatic N) is 1. The maximum absolute atomic E-state index is 13.1. The third-order valence-corrected chi connectivity index (χ3v) is 6.10. The predicted octanol–water partition coefficient (Wildman–Crippen LogP) is 5.24. The molecule has 6 heteroatoms. The van der Waals surface area contributed by atoms with Gasteiger partial charge in [-0.15, -0.1) is 0 Å². The van der Waals surface area contributed by atoms with Crippen LogP contribution in [-0.2, 0) is 4.79 Å². The molecule has 0 saturated carbocycles. The monoisotopic (exact) mass is 435 g/mol. The molecule has 1 aliphatic rings. The number of amides is 1. The highest BCUT2D eigenvalue weighted by Gasteiger charge is 2.42. The van der Waals surface area contributed by atoms with Crippen molar-refractivity contribution in [1.82, 2.24) is 0 Å². The van der Waals surface area contributed by atoms with Gasteiger partial charge in [-0.3, -0.25) is 4.79 Å². The lowest BCUT2D eigenvalue weighted by molar-refractivity contribution is -0.117. The van der Waals surface area contributed by atoms with E-state index in [2.05, 4.69) is 0 Å². The molecule has 0 aromatic heterocycles. The van der Waals surface area contributed by atoms with Gasteiger partial charge in [0.05, 0.1) is 12.1 Å². The minimum absolute atomic E-state index is 0.0299. The molecule has 0 radical (unpaired) electrons. The van der Waals surface area contributed by atoms with Gasteiger partial charge in [-0.2, -0.15) is 0 Å². The molecular formula is C26H26FNO4. The molecule has 4 rings (SSSR count). The van der Waals surface area contributed by atoms with Crippen LogP contribution in [0.2, 0.25) is 0 Å². The molecule has 1 amide bonds. The first-order valence-electron chi connectivity index (χ1n) is 10.8. The number of aliphatic hydroxyl groups excluding tert-OH is 1. The van der Waals surface area contributed by atoms with Crippen LogP contribution in [0.15, 0.2) is 72.8 Å². The zero-order chi connectivity index (χ0) is 22.7. The first kappa shape index (κ1) is 21.8. The summed E-state index contributed by atoms with van der Waals surface area (Å²) in [5, 5.41) is 30.7. The first-order chi connectivity index (χ1) is 15.4. The van der Waals surface area contributed by atoms with Crippen molar-refractivity contribution in [3.8, 4) is 11.5 Å². The highest BCUT2D eigenvalue weighted by atomic mass is 19.1. The maximum atomic E-state index is 13.1. The number of rotatable bonds is 7. The molecule has 1 fully saturated rings. The molecule has 0 aliphatic carbocycles. The topological polar surface area (TPSA) is 81.0 Å². The van der Waals surface area contributed by atoms with Crippen LogP contribution in [0.5, 0.6) is 11.5 Å². The van der Waals surface area contributed by atoms with Crippen LogP contribution in [0, 0.1) is 11.7 Å². The molecule has 0 bridgehead atoms. The molecule has 3 unspecified atom stereocenters. The van der Waals surface area contributed by atoms with Crippen LogP contribution >= 0.6 is 0 Å². The van der Waals surface area contributed by atoms with Crippen molar-refractivity contribution in [2.24, 2.45) is 5.92 Å². The smallest absolute Gasteiger partial charge is 0.227 e. The molecule has 3 N–H and O–H groups in total. The average Bonchev–Trinajstić information content (AvgIpc) is 3.10. The van der Waals surface area contributed by atoms with Gasteiger partial charge in [-0.25, -0.2) is 4.39 Å². The van der Waals surface area contributed by atoms with Crippen molar-refractivity contribution < 1.29 is 24.5 Å². The highest BCUT2D eigenvalue weighted by Crippen LogP contribution is 2.46. The Balaban J connectivity index is 1.54. The van der Waals surface area contributed by atoms with Crippen molar-refractivity contribution in [3.63, 3.8) is 0 Å². The molecule has 1 heterocycles. The van der Waals surface area contributed by atoms with E-state index in [-0.39, 0.29) is 35.2 Å². The number of phenols is 2. The summed E-state index contributed by atoms with van der Waals surface area (Å²) in [6.07, 6.45) is 1.42. The summed E-state index contributed by atoms with van der Waals surface area (Å²) < 4.78 is 13.1. The molecule has 3 atom stereocenters. The second-order valence-corrected chi connectivity index (χ2v) is 8.25.